The van der Waals surface area contributed by atoms with Crippen LogP contribution in [-0.2, 0) is 22.5 Å². The number of carbonyl (C=O) groups excluding carboxylic acids is 1. The third-order valence-corrected chi connectivity index (χ3v) is 7.19. The van der Waals surface area contributed by atoms with E-state index in [4.69, 9.17) is 14.5 Å². The molecule has 3 aromatic rings. The van der Waals surface area contributed by atoms with E-state index in [2.05, 4.69) is 22.0 Å². The molecule has 1 aromatic carbocycles. The molecule has 7 nitrogen and oxygen atoms in total. The molecule has 0 radical (unpaired) electrons. The van der Waals surface area contributed by atoms with Crippen LogP contribution in [0.5, 0.6) is 5.75 Å². The highest BCUT2D eigenvalue weighted by atomic mass is 35.5. The molecule has 0 atom stereocenters. The number of nitrogens with one attached hydrogen (secondary N) is 3. The largest absolute Gasteiger partial charge is 0.494 e. The fourth-order valence-electron chi connectivity index (χ4n) is 3.53. The average Bonchev–Trinajstić information content (AvgIpc) is 3.33. The number of rotatable bonds is 9. The van der Waals surface area contributed by atoms with Crippen LogP contribution in [0, 0.1) is 0 Å². The van der Waals surface area contributed by atoms with E-state index in [0.717, 1.165) is 57.6 Å². The zero-order valence-electron chi connectivity index (χ0n) is 18.0. The molecule has 1 aliphatic heterocycles. The first kappa shape index (κ1) is 26.8. The van der Waals surface area contributed by atoms with Gasteiger partial charge in [-0.15, -0.1) is 47.5 Å². The number of para-hydroxylation sites is 1. The second-order valence-electron chi connectivity index (χ2n) is 7.00. The molecular weight excluding hydrogens is 491 g/mol. The van der Waals surface area contributed by atoms with E-state index in [9.17, 15) is 4.79 Å². The van der Waals surface area contributed by atoms with Gasteiger partial charge in [0.25, 0.3) is 0 Å². The Kier molecular flexibility index (Phi) is 10.6. The third-order valence-electron chi connectivity index (χ3n) is 5.01. The quantitative estimate of drug-likeness (QED) is 0.370. The van der Waals surface area contributed by atoms with Crippen LogP contribution in [0.2, 0.25) is 0 Å². The lowest BCUT2D eigenvalue weighted by Crippen LogP contribution is -2.24. The summed E-state index contributed by atoms with van der Waals surface area (Å²) in [6, 6.07) is 5.97. The van der Waals surface area contributed by atoms with Crippen LogP contribution < -0.4 is 20.7 Å². The molecule has 1 aliphatic rings. The van der Waals surface area contributed by atoms with Gasteiger partial charge in [0, 0.05) is 43.6 Å². The Hall–Kier alpha value is -1.46. The van der Waals surface area contributed by atoms with Gasteiger partial charge in [-0.2, -0.15) is 0 Å². The number of hydrogen-bond acceptors (Lipinski definition) is 8. The second-order valence-corrected chi connectivity index (χ2v) is 9.14. The zero-order valence-corrected chi connectivity index (χ0v) is 21.3. The maximum Gasteiger partial charge on any atom is 0.226 e. The summed E-state index contributed by atoms with van der Waals surface area (Å²) in [5, 5.41) is 11.6. The van der Waals surface area contributed by atoms with E-state index < -0.39 is 0 Å². The minimum Gasteiger partial charge on any atom is -0.494 e. The van der Waals surface area contributed by atoms with E-state index in [1.165, 1.54) is 10.4 Å². The molecule has 2 aromatic heterocycles. The molecule has 0 saturated carbocycles. The number of aromatic nitrogens is 1. The first-order chi connectivity index (χ1) is 14.7. The summed E-state index contributed by atoms with van der Waals surface area (Å²) in [6.45, 7) is 3.76. The Morgan fingerprint density at radius 3 is 2.84 bits per heavy atom. The monoisotopic (exact) mass is 518 g/mol. The Morgan fingerprint density at radius 2 is 2.06 bits per heavy atom. The van der Waals surface area contributed by atoms with Crippen molar-refractivity contribution in [3.8, 4) is 16.3 Å². The molecule has 3 N–H and O–H groups in total. The summed E-state index contributed by atoms with van der Waals surface area (Å²) < 4.78 is 11.6. The molecule has 0 fully saturated rings. The van der Waals surface area contributed by atoms with Crippen molar-refractivity contribution in [1.29, 1.82) is 0 Å². The van der Waals surface area contributed by atoms with Crippen molar-refractivity contribution in [2.75, 3.05) is 45.8 Å². The van der Waals surface area contributed by atoms with Crippen molar-refractivity contribution in [3.63, 3.8) is 0 Å². The molecule has 0 unspecified atom stereocenters. The van der Waals surface area contributed by atoms with Gasteiger partial charge >= 0.3 is 0 Å². The van der Waals surface area contributed by atoms with Gasteiger partial charge < -0.3 is 25.4 Å². The zero-order chi connectivity index (χ0) is 20.9. The molecule has 0 bridgehead atoms. The molecule has 0 saturated heterocycles. The molecule has 4 rings (SSSR count). The van der Waals surface area contributed by atoms with Gasteiger partial charge in [0.2, 0.25) is 5.91 Å². The second kappa shape index (κ2) is 12.7. The van der Waals surface area contributed by atoms with Crippen LogP contribution in [0.1, 0.15) is 16.9 Å². The van der Waals surface area contributed by atoms with Gasteiger partial charge in [-0.25, -0.2) is 4.98 Å². The summed E-state index contributed by atoms with van der Waals surface area (Å²) in [7, 11) is 3.33. The number of fused-ring (bicyclic) bond motifs is 2. The highest BCUT2D eigenvalue weighted by Crippen LogP contribution is 2.45. The van der Waals surface area contributed by atoms with Crippen LogP contribution >= 0.6 is 47.5 Å². The molecule has 1 amide bonds. The number of ether oxygens (including phenoxy) is 2. The summed E-state index contributed by atoms with van der Waals surface area (Å²) in [4.78, 5) is 18.8. The maximum absolute atomic E-state index is 12.6. The minimum absolute atomic E-state index is 0. The Morgan fingerprint density at radius 1 is 1.22 bits per heavy atom. The minimum atomic E-state index is 0. The van der Waals surface area contributed by atoms with Crippen molar-refractivity contribution < 1.29 is 14.3 Å². The lowest BCUT2D eigenvalue weighted by Gasteiger charge is -2.13. The van der Waals surface area contributed by atoms with Gasteiger partial charge in [-0.05, 0) is 30.7 Å². The lowest BCUT2D eigenvalue weighted by atomic mass is 10.0. The number of thiazole rings is 1. The summed E-state index contributed by atoms with van der Waals surface area (Å²) in [5.41, 5.74) is 3.24. The van der Waals surface area contributed by atoms with E-state index in [1.807, 2.05) is 12.1 Å². The maximum atomic E-state index is 12.6. The summed E-state index contributed by atoms with van der Waals surface area (Å²) >= 11 is 3.30. The predicted molar refractivity (Wildman–Crippen MR) is 137 cm³/mol. The van der Waals surface area contributed by atoms with Crippen molar-refractivity contribution in [1.82, 2.24) is 15.6 Å². The van der Waals surface area contributed by atoms with Gasteiger partial charge in [0.1, 0.15) is 21.3 Å². The number of thiophene rings is 1. The number of benzene rings is 1. The number of methoxy groups -OCH3 is 2. The molecular formula is C21H28Cl2N4O3S2. The number of nitrogens with zero attached hydrogens (tertiary/aromatic N) is 1. The Balaban J connectivity index is 0.00000181. The van der Waals surface area contributed by atoms with Gasteiger partial charge in [-0.3, -0.25) is 4.79 Å². The van der Waals surface area contributed by atoms with Crippen LogP contribution in [0.3, 0.4) is 0 Å². The average molecular weight is 520 g/mol. The van der Waals surface area contributed by atoms with E-state index in [-0.39, 0.29) is 30.7 Å². The van der Waals surface area contributed by atoms with Crippen LogP contribution in [0.4, 0.5) is 5.00 Å². The first-order valence-electron chi connectivity index (χ1n) is 10.00. The predicted octanol–water partition coefficient (Wildman–Crippen LogP) is 4.09. The fourth-order valence-corrected chi connectivity index (χ4v) is 5.90. The number of hydrogen-bond donors (Lipinski definition) is 3. The van der Waals surface area contributed by atoms with E-state index >= 15 is 0 Å². The van der Waals surface area contributed by atoms with Crippen LogP contribution in [0.25, 0.3) is 20.8 Å². The summed E-state index contributed by atoms with van der Waals surface area (Å²) in [6.07, 6.45) is 1.35. The first-order valence-corrected chi connectivity index (χ1v) is 11.6. The molecule has 32 heavy (non-hydrogen) atoms. The molecule has 176 valence electrons. The number of carbonyl (C=O) groups is 1. The summed E-state index contributed by atoms with van der Waals surface area (Å²) in [5.74, 6) is 0.778. The molecule has 0 aliphatic carbocycles. The smallest absolute Gasteiger partial charge is 0.226 e. The standard InChI is InChI=1S/C21H26N4O3S2.2ClH/c1-27-11-10-22-9-7-17(26)24-20-18(13-6-8-23-12-16(13)30-20)21-25-19-14(28-2)4-3-5-15(19)29-21;;/h3-5,22-23H,6-12H2,1-2H3,(H,24,26);2*1H. The van der Waals surface area contributed by atoms with Gasteiger partial charge in [-0.1, -0.05) is 6.07 Å². The van der Waals surface area contributed by atoms with E-state index in [1.54, 1.807) is 36.9 Å². The van der Waals surface area contributed by atoms with Crippen LogP contribution in [-0.4, -0.2) is 51.4 Å². The Bertz CT molecular complexity index is 1040. The normalized spacial score (nSPS) is 12.6. The SMILES string of the molecule is COCCNCCC(=O)Nc1sc2c(c1-c1nc3c(OC)cccc3s1)CCNC2.Cl.Cl. The topological polar surface area (TPSA) is 84.5 Å². The molecule has 11 heteroatoms. The van der Waals surface area contributed by atoms with Crippen molar-refractivity contribution >= 4 is 68.6 Å². The number of anilines is 1. The van der Waals surface area contributed by atoms with E-state index in [0.29, 0.717) is 19.6 Å². The van der Waals surface area contributed by atoms with Crippen molar-refractivity contribution in [3.05, 3.63) is 28.6 Å². The molecule has 3 heterocycles. The highest BCUT2D eigenvalue weighted by molar-refractivity contribution is 7.23. The fraction of sp³-hybridized carbons (Fsp3) is 0.429. The van der Waals surface area contributed by atoms with Crippen molar-refractivity contribution in [2.45, 2.75) is 19.4 Å². The highest BCUT2D eigenvalue weighted by Gasteiger charge is 2.25. The van der Waals surface area contributed by atoms with Gasteiger partial charge in [0.15, 0.2) is 0 Å². The lowest BCUT2D eigenvalue weighted by molar-refractivity contribution is -0.116. The third kappa shape index (κ3) is 5.91. The van der Waals surface area contributed by atoms with Crippen LogP contribution in [0.15, 0.2) is 18.2 Å². The molecule has 0 spiro atoms. The number of halogens is 2. The Labute approximate surface area is 208 Å². The van der Waals surface area contributed by atoms with Gasteiger partial charge in [0.05, 0.1) is 18.4 Å². The van der Waals surface area contributed by atoms with Crippen molar-refractivity contribution in [2.24, 2.45) is 0 Å². The number of amides is 1.